The molecule has 1 atom stereocenters. The third-order valence-corrected chi connectivity index (χ3v) is 7.45. The molecule has 1 fully saturated rings. The fourth-order valence-corrected chi connectivity index (χ4v) is 5.17. The predicted octanol–water partition coefficient (Wildman–Crippen LogP) is 6.50. The molecule has 2 aromatic carbocycles. The fourth-order valence-electron chi connectivity index (χ4n) is 5.17. The summed E-state index contributed by atoms with van der Waals surface area (Å²) in [7, 11) is 0. The van der Waals surface area contributed by atoms with Crippen LogP contribution in [0, 0.1) is 11.7 Å². The van der Waals surface area contributed by atoms with Crippen molar-refractivity contribution in [2.45, 2.75) is 25.5 Å². The Labute approximate surface area is 217 Å². The van der Waals surface area contributed by atoms with Gasteiger partial charge in [0.25, 0.3) is 0 Å². The zero-order valence-corrected chi connectivity index (χ0v) is 20.4. The van der Waals surface area contributed by atoms with E-state index in [0.29, 0.717) is 11.6 Å². The zero-order valence-electron chi connectivity index (χ0n) is 20.4. The van der Waals surface area contributed by atoms with Gasteiger partial charge < -0.3 is 15.4 Å². The van der Waals surface area contributed by atoms with Gasteiger partial charge in [-0.3, -0.25) is 15.1 Å². The van der Waals surface area contributed by atoms with Crippen molar-refractivity contribution in [3.8, 4) is 33.8 Å². The Morgan fingerprint density at radius 2 is 1.79 bits per heavy atom. The number of aromatic amines is 2. The van der Waals surface area contributed by atoms with Crippen LogP contribution in [0.5, 0.6) is 0 Å². The molecule has 0 bridgehead atoms. The average molecular weight is 505 g/mol. The molecule has 4 aromatic heterocycles. The number of aliphatic hydroxyl groups excluding tert-OH is 1. The summed E-state index contributed by atoms with van der Waals surface area (Å²) < 4.78 is 13.9. The highest BCUT2D eigenvalue weighted by Crippen LogP contribution is 2.35. The maximum Gasteiger partial charge on any atom is 0.127 e. The molecule has 0 radical (unpaired) electrons. The van der Waals surface area contributed by atoms with Crippen LogP contribution in [0.15, 0.2) is 79.3 Å². The van der Waals surface area contributed by atoms with Crippen LogP contribution in [0.2, 0.25) is 0 Å². The SMILES string of the molecule is OC(Nc1cncc(-c2ccc3[nH]nc(-c4cc5c(-c6cccc(F)c6)nccc5[nH]4)c3c2)c1)C1CCC1. The molecule has 1 aliphatic carbocycles. The van der Waals surface area contributed by atoms with Crippen molar-refractivity contribution in [1.82, 2.24) is 25.1 Å². The molecule has 4 heterocycles. The lowest BCUT2D eigenvalue weighted by molar-refractivity contribution is 0.0851. The van der Waals surface area contributed by atoms with E-state index in [1.54, 1.807) is 18.5 Å². The minimum absolute atomic E-state index is 0.297. The molecule has 0 spiro atoms. The number of hydrogen-bond donors (Lipinski definition) is 4. The summed E-state index contributed by atoms with van der Waals surface area (Å²) >= 11 is 0. The molecule has 1 unspecified atom stereocenters. The van der Waals surface area contributed by atoms with Gasteiger partial charge >= 0.3 is 0 Å². The molecular formula is C30H25FN6O. The molecule has 7 rings (SSSR count). The lowest BCUT2D eigenvalue weighted by atomic mass is 9.84. The van der Waals surface area contributed by atoms with Crippen LogP contribution in [0.3, 0.4) is 0 Å². The van der Waals surface area contributed by atoms with Crippen molar-refractivity contribution in [2.75, 3.05) is 5.32 Å². The van der Waals surface area contributed by atoms with Crippen LogP contribution in [0.4, 0.5) is 10.1 Å². The van der Waals surface area contributed by atoms with Crippen molar-refractivity contribution >= 4 is 27.5 Å². The highest BCUT2D eigenvalue weighted by atomic mass is 19.1. The van der Waals surface area contributed by atoms with E-state index in [9.17, 15) is 9.50 Å². The van der Waals surface area contributed by atoms with E-state index < -0.39 is 6.23 Å². The second-order valence-corrected chi connectivity index (χ2v) is 9.89. The standard InChI is InChI=1S/C30H25FN6O/c31-21-6-2-5-19(11-21)28-24-14-27(35-25(24)9-10-33-28)29-23-13-18(7-8-26(23)36-37-29)20-12-22(16-32-15-20)34-30(38)17-3-1-4-17/h2,5-17,30,34-35,38H,1,3-4H2,(H,36,37). The van der Waals surface area contributed by atoms with E-state index in [4.69, 9.17) is 0 Å². The van der Waals surface area contributed by atoms with E-state index in [0.717, 1.165) is 68.4 Å². The number of anilines is 1. The minimum atomic E-state index is -0.558. The number of benzene rings is 2. The molecule has 38 heavy (non-hydrogen) atoms. The van der Waals surface area contributed by atoms with Crippen LogP contribution in [0.1, 0.15) is 19.3 Å². The Kier molecular flexibility index (Phi) is 5.40. The van der Waals surface area contributed by atoms with E-state index in [1.165, 1.54) is 18.6 Å². The second kappa shape index (κ2) is 9.08. The van der Waals surface area contributed by atoms with E-state index >= 15 is 0 Å². The molecule has 0 saturated heterocycles. The number of aliphatic hydroxyl groups is 1. The van der Waals surface area contributed by atoms with Gasteiger partial charge in [0.1, 0.15) is 17.7 Å². The number of H-pyrrole nitrogens is 2. The molecule has 0 aliphatic heterocycles. The Balaban J connectivity index is 1.26. The summed E-state index contributed by atoms with van der Waals surface area (Å²) in [6.45, 7) is 0. The molecule has 1 aliphatic rings. The fraction of sp³-hybridized carbons (Fsp3) is 0.167. The highest BCUT2D eigenvalue weighted by Gasteiger charge is 2.25. The summed E-state index contributed by atoms with van der Waals surface area (Å²) in [6.07, 6.45) is 8.00. The number of pyridine rings is 2. The minimum Gasteiger partial charge on any atom is -0.374 e. The maximum absolute atomic E-state index is 13.9. The summed E-state index contributed by atoms with van der Waals surface area (Å²) in [5.74, 6) is 0.00521. The van der Waals surface area contributed by atoms with Gasteiger partial charge in [-0.25, -0.2) is 4.39 Å². The van der Waals surface area contributed by atoms with Crippen molar-refractivity contribution < 1.29 is 9.50 Å². The van der Waals surface area contributed by atoms with Crippen molar-refractivity contribution in [3.05, 3.63) is 85.1 Å². The lowest BCUT2D eigenvalue weighted by Crippen LogP contribution is -2.33. The van der Waals surface area contributed by atoms with Gasteiger partial charge in [0.05, 0.1) is 28.8 Å². The highest BCUT2D eigenvalue weighted by molar-refractivity contribution is 6.00. The maximum atomic E-state index is 13.9. The summed E-state index contributed by atoms with van der Waals surface area (Å²) in [5.41, 5.74) is 7.60. The number of aromatic nitrogens is 5. The van der Waals surface area contributed by atoms with Crippen LogP contribution >= 0.6 is 0 Å². The van der Waals surface area contributed by atoms with Crippen molar-refractivity contribution in [2.24, 2.45) is 5.92 Å². The summed E-state index contributed by atoms with van der Waals surface area (Å²) in [4.78, 5) is 12.4. The first-order chi connectivity index (χ1) is 18.6. The van der Waals surface area contributed by atoms with E-state index in [-0.39, 0.29) is 5.82 Å². The first kappa shape index (κ1) is 22.6. The molecule has 4 N–H and O–H groups in total. The number of rotatable bonds is 6. The third kappa shape index (κ3) is 3.99. The van der Waals surface area contributed by atoms with Gasteiger partial charge in [-0.05, 0) is 60.9 Å². The second-order valence-electron chi connectivity index (χ2n) is 9.89. The Morgan fingerprint density at radius 1 is 0.895 bits per heavy atom. The van der Waals surface area contributed by atoms with Crippen LogP contribution in [0.25, 0.3) is 55.6 Å². The quantitative estimate of drug-likeness (QED) is 0.194. The average Bonchev–Trinajstić information content (AvgIpc) is 3.51. The lowest BCUT2D eigenvalue weighted by Gasteiger charge is -2.31. The Bertz CT molecular complexity index is 1790. The Hall–Kier alpha value is -4.56. The van der Waals surface area contributed by atoms with E-state index in [2.05, 4.69) is 36.5 Å². The molecule has 6 aromatic rings. The number of halogens is 1. The summed E-state index contributed by atoms with van der Waals surface area (Å²) in [5, 5.41) is 23.2. The zero-order chi connectivity index (χ0) is 25.6. The van der Waals surface area contributed by atoms with Gasteiger partial charge in [-0.2, -0.15) is 5.10 Å². The third-order valence-electron chi connectivity index (χ3n) is 7.45. The van der Waals surface area contributed by atoms with Gasteiger partial charge in [-0.15, -0.1) is 0 Å². The number of fused-ring (bicyclic) bond motifs is 2. The van der Waals surface area contributed by atoms with Crippen LogP contribution < -0.4 is 5.32 Å². The molecular weight excluding hydrogens is 479 g/mol. The number of nitrogens with one attached hydrogen (secondary N) is 3. The van der Waals surface area contributed by atoms with Crippen LogP contribution in [-0.2, 0) is 0 Å². The van der Waals surface area contributed by atoms with Gasteiger partial charge in [0.15, 0.2) is 0 Å². The van der Waals surface area contributed by atoms with Crippen molar-refractivity contribution in [1.29, 1.82) is 0 Å². The first-order valence-electron chi connectivity index (χ1n) is 12.7. The largest absolute Gasteiger partial charge is 0.374 e. The Morgan fingerprint density at radius 3 is 2.63 bits per heavy atom. The number of nitrogens with zero attached hydrogens (tertiary/aromatic N) is 3. The molecule has 7 nitrogen and oxygen atoms in total. The number of hydrogen-bond acceptors (Lipinski definition) is 5. The molecule has 8 heteroatoms. The van der Waals surface area contributed by atoms with Gasteiger partial charge in [-0.1, -0.05) is 24.6 Å². The molecule has 188 valence electrons. The predicted molar refractivity (Wildman–Crippen MR) is 147 cm³/mol. The van der Waals surface area contributed by atoms with Gasteiger partial charge in [0.2, 0.25) is 0 Å². The van der Waals surface area contributed by atoms with Crippen molar-refractivity contribution in [3.63, 3.8) is 0 Å². The normalized spacial score (nSPS) is 14.6. The van der Waals surface area contributed by atoms with Gasteiger partial charge in [0, 0.05) is 45.7 Å². The topological polar surface area (TPSA) is 103 Å². The molecule has 0 amide bonds. The van der Waals surface area contributed by atoms with Crippen LogP contribution in [-0.4, -0.2) is 36.5 Å². The smallest absolute Gasteiger partial charge is 0.127 e. The summed E-state index contributed by atoms with van der Waals surface area (Å²) in [6, 6.07) is 18.5. The molecule has 1 saturated carbocycles. The first-order valence-corrected chi connectivity index (χ1v) is 12.7. The monoisotopic (exact) mass is 504 g/mol. The van der Waals surface area contributed by atoms with E-state index in [1.807, 2.05) is 42.6 Å².